The van der Waals surface area contributed by atoms with E-state index in [4.69, 9.17) is 0 Å². The zero-order valence-electron chi connectivity index (χ0n) is 13.5. The summed E-state index contributed by atoms with van der Waals surface area (Å²) in [6.07, 6.45) is 0.106. The molecular formula is C17H17F3N2O2S. The van der Waals surface area contributed by atoms with Gasteiger partial charge in [-0.2, -0.15) is 13.2 Å². The number of nitrogens with one attached hydrogen (secondary N) is 1. The summed E-state index contributed by atoms with van der Waals surface area (Å²) in [5.41, 5.74) is 2.39. The van der Waals surface area contributed by atoms with E-state index in [0.29, 0.717) is 18.4 Å². The van der Waals surface area contributed by atoms with Crippen LogP contribution < -0.4 is 4.72 Å². The van der Waals surface area contributed by atoms with E-state index < -0.39 is 21.8 Å². The Balaban J connectivity index is 1.95. The molecule has 134 valence electrons. The van der Waals surface area contributed by atoms with E-state index in [1.54, 1.807) is 19.3 Å². The van der Waals surface area contributed by atoms with Gasteiger partial charge in [-0.05, 0) is 48.6 Å². The largest absolute Gasteiger partial charge is 0.416 e. The quantitative estimate of drug-likeness (QED) is 0.893. The van der Waals surface area contributed by atoms with Crippen molar-refractivity contribution >= 4 is 10.0 Å². The molecule has 1 atom stereocenters. The molecule has 0 bridgehead atoms. The molecule has 1 heterocycles. The lowest BCUT2D eigenvalue weighted by molar-refractivity contribution is -0.137. The fourth-order valence-corrected chi connectivity index (χ4v) is 3.88. The summed E-state index contributed by atoms with van der Waals surface area (Å²) >= 11 is 0. The Labute approximate surface area is 144 Å². The SMILES string of the molecule is CCS(=O)(=O)N[C@H]1CCc2c(-c3ccc(C(F)(F)F)cc3)cncc21. The highest BCUT2D eigenvalue weighted by atomic mass is 32.2. The van der Waals surface area contributed by atoms with Gasteiger partial charge in [0.15, 0.2) is 0 Å². The van der Waals surface area contributed by atoms with Crippen molar-refractivity contribution in [2.75, 3.05) is 5.75 Å². The maximum absolute atomic E-state index is 12.7. The molecule has 0 fully saturated rings. The summed E-state index contributed by atoms with van der Waals surface area (Å²) in [6, 6.07) is 4.58. The van der Waals surface area contributed by atoms with E-state index in [1.807, 2.05) is 0 Å². The molecule has 1 N–H and O–H groups in total. The molecule has 25 heavy (non-hydrogen) atoms. The second-order valence-electron chi connectivity index (χ2n) is 5.94. The van der Waals surface area contributed by atoms with E-state index in [9.17, 15) is 21.6 Å². The average molecular weight is 370 g/mol. The van der Waals surface area contributed by atoms with Crippen LogP contribution in [0.1, 0.15) is 36.1 Å². The molecule has 1 aromatic carbocycles. The van der Waals surface area contributed by atoms with Gasteiger partial charge in [0.1, 0.15) is 0 Å². The molecule has 8 heteroatoms. The van der Waals surface area contributed by atoms with Crippen molar-refractivity contribution in [3.05, 3.63) is 53.3 Å². The van der Waals surface area contributed by atoms with Crippen LogP contribution in [-0.2, 0) is 22.6 Å². The summed E-state index contributed by atoms with van der Waals surface area (Å²) < 4.78 is 64.4. The molecule has 2 aromatic rings. The van der Waals surface area contributed by atoms with Crippen LogP contribution in [-0.4, -0.2) is 19.2 Å². The van der Waals surface area contributed by atoms with Gasteiger partial charge < -0.3 is 0 Å². The number of benzene rings is 1. The van der Waals surface area contributed by atoms with Crippen molar-refractivity contribution in [1.29, 1.82) is 0 Å². The number of rotatable bonds is 4. The second kappa shape index (κ2) is 6.42. The topological polar surface area (TPSA) is 59.1 Å². The summed E-state index contributed by atoms with van der Waals surface area (Å²) in [5, 5.41) is 0. The van der Waals surface area contributed by atoms with Crippen LogP contribution in [0.15, 0.2) is 36.7 Å². The number of sulfonamides is 1. The van der Waals surface area contributed by atoms with Crippen molar-refractivity contribution in [3.8, 4) is 11.1 Å². The molecule has 0 saturated heterocycles. The van der Waals surface area contributed by atoms with Crippen LogP contribution in [0.5, 0.6) is 0 Å². The van der Waals surface area contributed by atoms with E-state index in [0.717, 1.165) is 28.8 Å². The number of hydrogen-bond acceptors (Lipinski definition) is 3. The Morgan fingerprint density at radius 3 is 2.48 bits per heavy atom. The Morgan fingerprint density at radius 1 is 1.20 bits per heavy atom. The van der Waals surface area contributed by atoms with Gasteiger partial charge in [-0.15, -0.1) is 0 Å². The lowest BCUT2D eigenvalue weighted by atomic mass is 9.98. The molecular weight excluding hydrogens is 353 g/mol. The third-order valence-electron chi connectivity index (χ3n) is 4.37. The molecule has 0 aliphatic heterocycles. The average Bonchev–Trinajstić information content (AvgIpc) is 2.97. The zero-order valence-corrected chi connectivity index (χ0v) is 14.3. The summed E-state index contributed by atoms with van der Waals surface area (Å²) in [4.78, 5) is 4.15. The number of hydrogen-bond donors (Lipinski definition) is 1. The second-order valence-corrected chi connectivity index (χ2v) is 7.99. The number of pyridine rings is 1. The lowest BCUT2D eigenvalue weighted by Crippen LogP contribution is -2.28. The molecule has 3 rings (SSSR count). The first-order valence-electron chi connectivity index (χ1n) is 7.85. The third-order valence-corrected chi connectivity index (χ3v) is 5.78. The first-order chi connectivity index (χ1) is 11.7. The van der Waals surface area contributed by atoms with Crippen LogP contribution >= 0.6 is 0 Å². The minimum atomic E-state index is -4.38. The van der Waals surface area contributed by atoms with Crippen molar-refractivity contribution in [1.82, 2.24) is 9.71 Å². The van der Waals surface area contributed by atoms with Crippen molar-refractivity contribution in [2.24, 2.45) is 0 Å². The zero-order chi connectivity index (χ0) is 18.2. The van der Waals surface area contributed by atoms with Crippen molar-refractivity contribution in [3.63, 3.8) is 0 Å². The fourth-order valence-electron chi connectivity index (χ4n) is 3.04. The highest BCUT2D eigenvalue weighted by Crippen LogP contribution is 2.38. The molecule has 0 saturated carbocycles. The van der Waals surface area contributed by atoms with Gasteiger partial charge in [0, 0.05) is 24.0 Å². The van der Waals surface area contributed by atoms with Gasteiger partial charge >= 0.3 is 6.18 Å². The number of alkyl halides is 3. The molecule has 1 aliphatic carbocycles. The normalized spacial score (nSPS) is 17.5. The van der Waals surface area contributed by atoms with Crippen molar-refractivity contribution < 1.29 is 21.6 Å². The molecule has 0 unspecified atom stereocenters. The maximum atomic E-state index is 12.7. The lowest BCUT2D eigenvalue weighted by Gasteiger charge is -2.14. The highest BCUT2D eigenvalue weighted by Gasteiger charge is 2.31. The molecule has 0 spiro atoms. The van der Waals surface area contributed by atoms with E-state index in [1.165, 1.54) is 12.1 Å². The molecule has 4 nitrogen and oxygen atoms in total. The predicted molar refractivity (Wildman–Crippen MR) is 88.3 cm³/mol. The Hall–Kier alpha value is -1.93. The van der Waals surface area contributed by atoms with Gasteiger partial charge in [-0.1, -0.05) is 12.1 Å². The molecule has 1 aliphatic rings. The number of nitrogens with zero attached hydrogens (tertiary/aromatic N) is 1. The predicted octanol–water partition coefficient (Wildman–Crippen LogP) is 3.69. The van der Waals surface area contributed by atoms with Crippen LogP contribution in [0.4, 0.5) is 13.2 Å². The molecule has 1 aromatic heterocycles. The standard InChI is InChI=1S/C17H17F3N2O2S/c1-2-25(23,24)22-16-8-7-13-14(9-21-10-15(13)16)11-3-5-12(6-4-11)17(18,19)20/h3-6,9-10,16,22H,2,7-8H2,1H3/t16-/m0/s1. The van der Waals surface area contributed by atoms with Crippen molar-refractivity contribution in [2.45, 2.75) is 32.0 Å². The first-order valence-corrected chi connectivity index (χ1v) is 9.51. The van der Waals surface area contributed by atoms with Gasteiger partial charge in [0.05, 0.1) is 11.3 Å². The third kappa shape index (κ3) is 3.69. The van der Waals surface area contributed by atoms with Crippen LogP contribution in [0, 0.1) is 0 Å². The Kier molecular flexibility index (Phi) is 4.59. The number of aromatic nitrogens is 1. The first kappa shape index (κ1) is 17.9. The van der Waals surface area contributed by atoms with Crippen LogP contribution in [0.2, 0.25) is 0 Å². The summed E-state index contributed by atoms with van der Waals surface area (Å²) in [7, 11) is -3.35. The summed E-state index contributed by atoms with van der Waals surface area (Å²) in [5.74, 6) is -0.00907. The van der Waals surface area contributed by atoms with E-state index in [2.05, 4.69) is 9.71 Å². The van der Waals surface area contributed by atoms with Gasteiger partial charge in [-0.25, -0.2) is 13.1 Å². The fraction of sp³-hybridized carbons (Fsp3) is 0.353. The van der Waals surface area contributed by atoms with Gasteiger partial charge in [-0.3, -0.25) is 4.98 Å². The Morgan fingerprint density at radius 2 is 1.88 bits per heavy atom. The number of halogens is 3. The minimum Gasteiger partial charge on any atom is -0.264 e. The number of fused-ring (bicyclic) bond motifs is 1. The van der Waals surface area contributed by atoms with Gasteiger partial charge in [0.2, 0.25) is 10.0 Å². The smallest absolute Gasteiger partial charge is 0.264 e. The molecule has 0 amide bonds. The highest BCUT2D eigenvalue weighted by molar-refractivity contribution is 7.89. The maximum Gasteiger partial charge on any atom is 0.416 e. The van der Waals surface area contributed by atoms with E-state index >= 15 is 0 Å². The Bertz CT molecular complexity index is 878. The minimum absolute atomic E-state index is 0.00907. The monoisotopic (exact) mass is 370 g/mol. The molecule has 0 radical (unpaired) electrons. The summed E-state index contributed by atoms with van der Waals surface area (Å²) in [6.45, 7) is 1.56. The van der Waals surface area contributed by atoms with Crippen LogP contribution in [0.25, 0.3) is 11.1 Å². The van der Waals surface area contributed by atoms with E-state index in [-0.39, 0.29) is 11.8 Å². The van der Waals surface area contributed by atoms with Crippen LogP contribution in [0.3, 0.4) is 0 Å². The van der Waals surface area contributed by atoms with Gasteiger partial charge in [0.25, 0.3) is 0 Å².